The quantitative estimate of drug-likeness (QED) is 0.604. The summed E-state index contributed by atoms with van der Waals surface area (Å²) in [7, 11) is 0. The van der Waals surface area contributed by atoms with Crippen LogP contribution in [0.3, 0.4) is 0 Å². The predicted octanol–water partition coefficient (Wildman–Crippen LogP) is 1.33. The second-order valence-electron chi connectivity index (χ2n) is 3.66. The van der Waals surface area contributed by atoms with Gasteiger partial charge in [0.2, 0.25) is 0 Å². The first kappa shape index (κ1) is 8.02. The minimum Gasteiger partial charge on any atom is -0.390 e. The molecule has 1 fully saturated rings. The van der Waals surface area contributed by atoms with Crippen LogP contribution in [0.5, 0.6) is 0 Å². The smallest absolute Gasteiger partial charge is 0.0810 e. The van der Waals surface area contributed by atoms with E-state index in [1.807, 2.05) is 13.8 Å². The van der Waals surface area contributed by atoms with E-state index in [9.17, 15) is 5.11 Å². The summed E-state index contributed by atoms with van der Waals surface area (Å²) in [4.78, 5) is 0. The molecule has 0 aromatic rings. The average molecular weight is 144 g/mol. The van der Waals surface area contributed by atoms with Crippen LogP contribution in [0, 0.1) is 0 Å². The van der Waals surface area contributed by atoms with Gasteiger partial charge in [0.25, 0.3) is 0 Å². The van der Waals surface area contributed by atoms with Crippen molar-refractivity contribution in [1.82, 2.24) is 0 Å². The summed E-state index contributed by atoms with van der Waals surface area (Å²) in [6.45, 7) is 4.63. The predicted molar refractivity (Wildman–Crippen MR) is 39.9 cm³/mol. The van der Waals surface area contributed by atoms with Gasteiger partial charge in [-0.1, -0.05) is 0 Å². The van der Waals surface area contributed by atoms with E-state index in [0.29, 0.717) is 6.10 Å². The highest BCUT2D eigenvalue weighted by atomic mass is 16.6. The molecule has 1 atom stereocenters. The van der Waals surface area contributed by atoms with Gasteiger partial charge in [0, 0.05) is 0 Å². The van der Waals surface area contributed by atoms with E-state index in [4.69, 9.17) is 4.74 Å². The second-order valence-corrected chi connectivity index (χ2v) is 3.66. The number of ether oxygens (including phenoxy) is 1. The summed E-state index contributed by atoms with van der Waals surface area (Å²) >= 11 is 0. The molecule has 2 nitrogen and oxygen atoms in total. The molecule has 0 aromatic carbocycles. The Morgan fingerprint density at radius 2 is 2.20 bits per heavy atom. The van der Waals surface area contributed by atoms with Crippen LogP contribution >= 0.6 is 0 Å². The van der Waals surface area contributed by atoms with Crippen molar-refractivity contribution in [2.75, 3.05) is 6.61 Å². The van der Waals surface area contributed by atoms with Gasteiger partial charge in [-0.2, -0.15) is 0 Å². The molecule has 0 saturated carbocycles. The van der Waals surface area contributed by atoms with Crippen LogP contribution in [0.25, 0.3) is 0 Å². The van der Waals surface area contributed by atoms with Gasteiger partial charge in [-0.3, -0.25) is 0 Å². The van der Waals surface area contributed by atoms with E-state index < -0.39 is 5.60 Å². The Labute approximate surface area is 62.2 Å². The van der Waals surface area contributed by atoms with Crippen LogP contribution in [-0.4, -0.2) is 23.4 Å². The van der Waals surface area contributed by atoms with Gasteiger partial charge in [-0.15, -0.1) is 0 Å². The molecular formula is C8H16O2. The number of epoxide rings is 1. The highest BCUT2D eigenvalue weighted by Crippen LogP contribution is 2.19. The third kappa shape index (κ3) is 3.85. The lowest BCUT2D eigenvalue weighted by Gasteiger charge is -2.15. The summed E-state index contributed by atoms with van der Waals surface area (Å²) < 4.78 is 5.04. The van der Waals surface area contributed by atoms with E-state index >= 15 is 0 Å². The van der Waals surface area contributed by atoms with Crippen molar-refractivity contribution < 1.29 is 9.84 Å². The molecule has 1 saturated heterocycles. The van der Waals surface area contributed by atoms with E-state index in [1.54, 1.807) is 0 Å². The first-order valence-corrected chi connectivity index (χ1v) is 3.92. The lowest BCUT2D eigenvalue weighted by atomic mass is 10.0. The largest absolute Gasteiger partial charge is 0.390 e. The van der Waals surface area contributed by atoms with Crippen LogP contribution in [0.4, 0.5) is 0 Å². The standard InChI is InChI=1S/C8H16O2/c1-8(2,9)5-3-4-7-6-10-7/h7,9H,3-6H2,1-2H3. The molecule has 0 spiro atoms. The lowest BCUT2D eigenvalue weighted by Crippen LogP contribution is -2.18. The second kappa shape index (κ2) is 2.89. The van der Waals surface area contributed by atoms with Gasteiger partial charge in [-0.05, 0) is 33.1 Å². The zero-order chi connectivity index (χ0) is 7.61. The van der Waals surface area contributed by atoms with Crippen molar-refractivity contribution in [2.45, 2.75) is 44.8 Å². The summed E-state index contributed by atoms with van der Waals surface area (Å²) in [5.74, 6) is 0. The fourth-order valence-corrected chi connectivity index (χ4v) is 0.997. The van der Waals surface area contributed by atoms with Crippen LogP contribution in [0.2, 0.25) is 0 Å². The van der Waals surface area contributed by atoms with E-state index in [1.165, 1.54) is 0 Å². The maximum absolute atomic E-state index is 9.31. The topological polar surface area (TPSA) is 32.8 Å². The molecule has 1 unspecified atom stereocenters. The summed E-state index contributed by atoms with van der Waals surface area (Å²) in [5, 5.41) is 9.31. The molecule has 10 heavy (non-hydrogen) atoms. The van der Waals surface area contributed by atoms with Crippen molar-refractivity contribution in [3.8, 4) is 0 Å². The normalized spacial score (nSPS) is 24.9. The molecule has 1 heterocycles. The Bertz CT molecular complexity index is 100. The third-order valence-electron chi connectivity index (χ3n) is 1.72. The zero-order valence-electron chi connectivity index (χ0n) is 6.76. The maximum atomic E-state index is 9.31. The van der Waals surface area contributed by atoms with E-state index in [0.717, 1.165) is 25.9 Å². The maximum Gasteiger partial charge on any atom is 0.0810 e. The summed E-state index contributed by atoms with van der Waals surface area (Å²) in [5.41, 5.74) is -0.491. The summed E-state index contributed by atoms with van der Waals surface area (Å²) in [6, 6.07) is 0. The molecule has 1 aliphatic heterocycles. The highest BCUT2D eigenvalue weighted by Gasteiger charge is 2.22. The fourth-order valence-electron chi connectivity index (χ4n) is 0.997. The Balaban J connectivity index is 1.93. The minimum atomic E-state index is -0.491. The molecule has 0 aliphatic carbocycles. The van der Waals surface area contributed by atoms with Crippen LogP contribution in [0.1, 0.15) is 33.1 Å². The molecule has 1 aliphatic rings. The molecule has 0 aromatic heterocycles. The first-order chi connectivity index (χ1) is 4.58. The van der Waals surface area contributed by atoms with Gasteiger partial charge in [-0.25, -0.2) is 0 Å². The zero-order valence-corrected chi connectivity index (χ0v) is 6.76. The van der Waals surface area contributed by atoms with Crippen LogP contribution in [0.15, 0.2) is 0 Å². The Hall–Kier alpha value is -0.0800. The molecule has 1 rings (SSSR count). The fraction of sp³-hybridized carbons (Fsp3) is 1.00. The number of aliphatic hydroxyl groups is 1. The molecule has 0 radical (unpaired) electrons. The monoisotopic (exact) mass is 144 g/mol. The highest BCUT2D eigenvalue weighted by molar-refractivity contribution is 4.71. The van der Waals surface area contributed by atoms with E-state index in [2.05, 4.69) is 0 Å². The van der Waals surface area contributed by atoms with Gasteiger partial charge >= 0.3 is 0 Å². The van der Waals surface area contributed by atoms with Gasteiger partial charge in [0.1, 0.15) is 0 Å². The number of hydrogen-bond acceptors (Lipinski definition) is 2. The van der Waals surface area contributed by atoms with Crippen molar-refractivity contribution >= 4 is 0 Å². The van der Waals surface area contributed by atoms with Gasteiger partial charge in [0.05, 0.1) is 18.3 Å². The van der Waals surface area contributed by atoms with Crippen molar-refractivity contribution in [3.05, 3.63) is 0 Å². The Morgan fingerprint density at radius 1 is 1.60 bits per heavy atom. The van der Waals surface area contributed by atoms with E-state index in [-0.39, 0.29) is 0 Å². The van der Waals surface area contributed by atoms with Crippen LogP contribution < -0.4 is 0 Å². The molecule has 60 valence electrons. The summed E-state index contributed by atoms with van der Waals surface area (Å²) in [6.07, 6.45) is 3.59. The van der Waals surface area contributed by atoms with Crippen molar-refractivity contribution in [1.29, 1.82) is 0 Å². The van der Waals surface area contributed by atoms with Crippen molar-refractivity contribution in [3.63, 3.8) is 0 Å². The molecular weight excluding hydrogens is 128 g/mol. The van der Waals surface area contributed by atoms with Crippen molar-refractivity contribution in [2.24, 2.45) is 0 Å². The molecule has 1 N–H and O–H groups in total. The Morgan fingerprint density at radius 3 is 2.60 bits per heavy atom. The first-order valence-electron chi connectivity index (χ1n) is 3.92. The molecule has 2 heteroatoms. The minimum absolute atomic E-state index is 0.491. The lowest BCUT2D eigenvalue weighted by molar-refractivity contribution is 0.0676. The van der Waals surface area contributed by atoms with Gasteiger partial charge in [0.15, 0.2) is 0 Å². The number of hydrogen-bond donors (Lipinski definition) is 1. The van der Waals surface area contributed by atoms with Crippen LogP contribution in [-0.2, 0) is 4.74 Å². The number of rotatable bonds is 4. The third-order valence-corrected chi connectivity index (χ3v) is 1.72. The SMILES string of the molecule is CC(C)(O)CCCC1CO1. The molecule has 0 amide bonds. The Kier molecular flexibility index (Phi) is 2.32. The molecule has 0 bridgehead atoms. The van der Waals surface area contributed by atoms with Gasteiger partial charge < -0.3 is 9.84 Å². The average Bonchev–Trinajstić information content (AvgIpc) is 2.45.